The van der Waals surface area contributed by atoms with Crippen molar-refractivity contribution < 1.29 is 18.7 Å². The zero-order chi connectivity index (χ0) is 19.0. The Morgan fingerprint density at radius 1 is 1.26 bits per heavy atom. The minimum atomic E-state index is -0.735. The summed E-state index contributed by atoms with van der Waals surface area (Å²) in [7, 11) is 0. The second kappa shape index (κ2) is 6.97. The first-order valence-corrected chi connectivity index (χ1v) is 9.41. The molecule has 1 amide bonds. The minimum absolute atomic E-state index is 0.00467. The van der Waals surface area contributed by atoms with Crippen molar-refractivity contribution in [2.45, 2.75) is 31.3 Å². The van der Waals surface area contributed by atoms with Crippen LogP contribution in [0.2, 0.25) is 5.02 Å². The van der Waals surface area contributed by atoms with Gasteiger partial charge in [0, 0.05) is 18.5 Å². The molecule has 2 heterocycles. The molecule has 140 valence electrons. The number of aryl methyl sites for hydroxylation is 1. The van der Waals surface area contributed by atoms with Gasteiger partial charge in [-0.05, 0) is 43.0 Å². The highest BCUT2D eigenvalue weighted by Crippen LogP contribution is 2.42. The second-order valence-corrected chi connectivity index (χ2v) is 7.50. The number of hydrogen-bond acceptors (Lipinski definition) is 3. The molecule has 0 N–H and O–H groups in total. The highest BCUT2D eigenvalue weighted by molar-refractivity contribution is 6.30. The predicted molar refractivity (Wildman–Crippen MR) is 99.1 cm³/mol. The van der Waals surface area contributed by atoms with Crippen molar-refractivity contribution in [2.75, 3.05) is 13.1 Å². The summed E-state index contributed by atoms with van der Waals surface area (Å²) in [5, 5.41) is 0.0614. The number of rotatable bonds is 3. The Labute approximate surface area is 161 Å². The van der Waals surface area contributed by atoms with Gasteiger partial charge in [-0.3, -0.25) is 4.79 Å². The molecule has 1 saturated heterocycles. The SMILES string of the molecule is O=C1OC2(CCCN(C(=O)CCc3ccc(F)c(Cl)c3)C2)c2ccccc21. The fourth-order valence-corrected chi connectivity index (χ4v) is 4.19. The highest BCUT2D eigenvalue weighted by Gasteiger charge is 2.48. The van der Waals surface area contributed by atoms with Crippen LogP contribution in [0.1, 0.15) is 40.7 Å². The van der Waals surface area contributed by atoms with Gasteiger partial charge in [0.15, 0.2) is 5.60 Å². The number of hydrogen-bond donors (Lipinski definition) is 0. The lowest BCUT2D eigenvalue weighted by Gasteiger charge is -2.39. The van der Waals surface area contributed by atoms with Gasteiger partial charge in [0.25, 0.3) is 0 Å². The number of ether oxygens (including phenoxy) is 1. The minimum Gasteiger partial charge on any atom is -0.449 e. The summed E-state index contributed by atoms with van der Waals surface area (Å²) in [6.45, 7) is 1.02. The van der Waals surface area contributed by atoms with Crippen LogP contribution in [0.25, 0.3) is 0 Å². The van der Waals surface area contributed by atoms with Crippen molar-refractivity contribution in [1.29, 1.82) is 0 Å². The molecule has 1 unspecified atom stereocenters. The van der Waals surface area contributed by atoms with E-state index in [2.05, 4.69) is 0 Å². The monoisotopic (exact) mass is 387 g/mol. The molecular formula is C21H19ClFNO3. The Bertz CT molecular complexity index is 916. The molecule has 0 radical (unpaired) electrons. The molecule has 2 aliphatic rings. The summed E-state index contributed by atoms with van der Waals surface area (Å²) in [6.07, 6.45) is 2.27. The summed E-state index contributed by atoms with van der Waals surface area (Å²) in [6, 6.07) is 11.9. The van der Waals surface area contributed by atoms with E-state index < -0.39 is 11.4 Å². The van der Waals surface area contributed by atoms with E-state index in [0.717, 1.165) is 17.5 Å². The third-order valence-electron chi connectivity index (χ3n) is 5.35. The second-order valence-electron chi connectivity index (χ2n) is 7.10. The molecule has 4 rings (SSSR count). The van der Waals surface area contributed by atoms with Gasteiger partial charge in [0.1, 0.15) is 5.82 Å². The van der Waals surface area contributed by atoms with Crippen LogP contribution in [-0.2, 0) is 21.6 Å². The Kier molecular flexibility index (Phi) is 4.64. The molecule has 2 aromatic carbocycles. The molecule has 0 saturated carbocycles. The first kappa shape index (κ1) is 18.0. The number of benzene rings is 2. The van der Waals surface area contributed by atoms with Crippen LogP contribution in [0, 0.1) is 5.82 Å². The Balaban J connectivity index is 1.46. The Morgan fingerprint density at radius 2 is 2.07 bits per heavy atom. The van der Waals surface area contributed by atoms with Crippen molar-refractivity contribution in [2.24, 2.45) is 0 Å². The average Bonchev–Trinajstić information content (AvgIpc) is 2.94. The number of halogens is 2. The predicted octanol–water partition coefficient (Wildman–Crippen LogP) is 4.10. The number of piperidine rings is 1. The maximum atomic E-state index is 13.3. The van der Waals surface area contributed by atoms with Crippen molar-refractivity contribution in [3.63, 3.8) is 0 Å². The van der Waals surface area contributed by atoms with Gasteiger partial charge in [-0.1, -0.05) is 35.9 Å². The fraction of sp³-hybridized carbons (Fsp3) is 0.333. The van der Waals surface area contributed by atoms with E-state index in [0.29, 0.717) is 37.9 Å². The first-order valence-electron chi connectivity index (χ1n) is 9.03. The molecule has 4 nitrogen and oxygen atoms in total. The topological polar surface area (TPSA) is 46.6 Å². The molecular weight excluding hydrogens is 369 g/mol. The standard InChI is InChI=1S/C21H19ClFNO3/c22-17-12-14(6-8-18(17)23)7-9-19(25)24-11-3-10-21(13-24)16-5-2-1-4-15(16)20(26)27-21/h1-2,4-6,8,12H,3,7,9-11,13H2. The molecule has 6 heteroatoms. The Morgan fingerprint density at radius 3 is 2.89 bits per heavy atom. The third-order valence-corrected chi connectivity index (χ3v) is 5.63. The molecule has 1 fully saturated rings. The van der Waals surface area contributed by atoms with E-state index in [1.54, 1.807) is 23.1 Å². The summed E-state index contributed by atoms with van der Waals surface area (Å²) < 4.78 is 19.0. The molecule has 0 bridgehead atoms. The van der Waals surface area contributed by atoms with Crippen LogP contribution in [0.15, 0.2) is 42.5 Å². The third kappa shape index (κ3) is 3.32. The van der Waals surface area contributed by atoms with E-state index in [9.17, 15) is 14.0 Å². The van der Waals surface area contributed by atoms with E-state index in [4.69, 9.17) is 16.3 Å². The number of carbonyl (C=O) groups excluding carboxylic acids is 2. The van der Waals surface area contributed by atoms with Crippen molar-refractivity contribution in [1.82, 2.24) is 4.90 Å². The maximum Gasteiger partial charge on any atom is 0.339 e. The molecule has 27 heavy (non-hydrogen) atoms. The molecule has 2 aromatic rings. The quantitative estimate of drug-likeness (QED) is 0.745. The summed E-state index contributed by atoms with van der Waals surface area (Å²) >= 11 is 5.80. The van der Waals surface area contributed by atoms with Crippen LogP contribution in [0.3, 0.4) is 0 Å². The van der Waals surface area contributed by atoms with Crippen molar-refractivity contribution in [3.05, 3.63) is 70.0 Å². The number of amides is 1. The molecule has 0 aromatic heterocycles. The summed E-state index contributed by atoms with van der Waals surface area (Å²) in [5.74, 6) is -0.790. The van der Waals surface area contributed by atoms with Gasteiger partial charge in [0.2, 0.25) is 5.91 Å². The largest absolute Gasteiger partial charge is 0.449 e. The van der Waals surface area contributed by atoms with Gasteiger partial charge in [-0.15, -0.1) is 0 Å². The van der Waals surface area contributed by atoms with Crippen LogP contribution in [0.5, 0.6) is 0 Å². The normalized spacial score (nSPS) is 21.3. The lowest BCUT2D eigenvalue weighted by Crippen LogP contribution is -2.48. The first-order chi connectivity index (χ1) is 13.0. The zero-order valence-corrected chi connectivity index (χ0v) is 15.5. The van der Waals surface area contributed by atoms with Gasteiger partial charge in [0.05, 0.1) is 17.1 Å². The van der Waals surface area contributed by atoms with Gasteiger partial charge in [-0.2, -0.15) is 0 Å². The lowest BCUT2D eigenvalue weighted by atomic mass is 9.85. The summed E-state index contributed by atoms with van der Waals surface area (Å²) in [5.41, 5.74) is 1.55. The van der Waals surface area contributed by atoms with Crippen LogP contribution < -0.4 is 0 Å². The van der Waals surface area contributed by atoms with Crippen LogP contribution in [-0.4, -0.2) is 29.9 Å². The zero-order valence-electron chi connectivity index (χ0n) is 14.7. The van der Waals surface area contributed by atoms with E-state index in [1.807, 2.05) is 18.2 Å². The average molecular weight is 388 g/mol. The fourth-order valence-electron chi connectivity index (χ4n) is 3.99. The van der Waals surface area contributed by atoms with E-state index in [1.165, 1.54) is 6.07 Å². The number of esters is 1. The van der Waals surface area contributed by atoms with E-state index >= 15 is 0 Å². The van der Waals surface area contributed by atoms with Crippen LogP contribution in [0.4, 0.5) is 4.39 Å². The van der Waals surface area contributed by atoms with Crippen molar-refractivity contribution in [3.8, 4) is 0 Å². The van der Waals surface area contributed by atoms with Crippen molar-refractivity contribution >= 4 is 23.5 Å². The maximum absolute atomic E-state index is 13.3. The smallest absolute Gasteiger partial charge is 0.339 e. The number of likely N-dealkylation sites (tertiary alicyclic amines) is 1. The van der Waals surface area contributed by atoms with Gasteiger partial charge < -0.3 is 9.64 Å². The molecule has 0 aliphatic carbocycles. The van der Waals surface area contributed by atoms with E-state index in [-0.39, 0.29) is 16.9 Å². The molecule has 1 atom stereocenters. The van der Waals surface area contributed by atoms with Gasteiger partial charge >= 0.3 is 5.97 Å². The molecule has 1 spiro atoms. The highest BCUT2D eigenvalue weighted by atomic mass is 35.5. The van der Waals surface area contributed by atoms with Crippen LogP contribution >= 0.6 is 11.6 Å². The van der Waals surface area contributed by atoms with Gasteiger partial charge in [-0.25, -0.2) is 9.18 Å². The summed E-state index contributed by atoms with van der Waals surface area (Å²) in [4.78, 5) is 26.7. The number of carbonyl (C=O) groups is 2. The number of fused-ring (bicyclic) bond motifs is 2. The lowest BCUT2D eigenvalue weighted by molar-refractivity contribution is -0.138. The Hall–Kier alpha value is -2.40. The number of nitrogens with zero attached hydrogens (tertiary/aromatic N) is 1. The molecule has 2 aliphatic heterocycles.